The summed E-state index contributed by atoms with van der Waals surface area (Å²) in [6.45, 7) is 27.8. The maximum Gasteiger partial charge on any atom is 0.310 e. The average molecular weight is 643 g/mol. The van der Waals surface area contributed by atoms with Crippen LogP contribution in [0.4, 0.5) is 0 Å². The van der Waals surface area contributed by atoms with E-state index in [-0.39, 0.29) is 57.5 Å². The molecule has 0 fully saturated rings. The van der Waals surface area contributed by atoms with Crippen LogP contribution in [0.5, 0.6) is 11.5 Å². The number of thioether (sulfide) groups is 1. The number of carbonyl (C=O) groups is 2. The topological polar surface area (TPSA) is 115 Å². The van der Waals surface area contributed by atoms with E-state index < -0.39 is 22.8 Å². The Hall–Kier alpha value is -2.67. The van der Waals surface area contributed by atoms with Crippen LogP contribution in [0.3, 0.4) is 0 Å². The Morgan fingerprint density at radius 1 is 0.511 bits per heavy atom. The van der Waals surface area contributed by atoms with Crippen LogP contribution >= 0.6 is 11.8 Å². The van der Waals surface area contributed by atoms with Crippen LogP contribution in [0.1, 0.15) is 130 Å². The highest BCUT2D eigenvalue weighted by molar-refractivity contribution is 7.99. The molecule has 0 radical (unpaired) electrons. The fraction of sp³-hybridized carbons (Fsp3) is 0.632. The molecule has 0 aliphatic heterocycles. The zero-order valence-electron chi connectivity index (χ0n) is 30.2. The molecule has 252 valence electrons. The molecule has 0 amide bonds. The van der Waals surface area contributed by atoms with Gasteiger partial charge in [0.2, 0.25) is 0 Å². The molecule has 0 heterocycles. The highest BCUT2D eigenvalue weighted by Gasteiger charge is 2.39. The molecule has 2 aromatic carbocycles. The number of rotatable bonds is 10. The molecule has 6 nitrogen and oxygen atoms in total. The highest BCUT2D eigenvalue weighted by Crippen LogP contribution is 2.43. The van der Waals surface area contributed by atoms with E-state index in [9.17, 15) is 30.0 Å². The maximum absolute atomic E-state index is 12.7. The quantitative estimate of drug-likeness (QED) is 0.204. The Morgan fingerprint density at radius 2 is 0.733 bits per heavy atom. The third-order valence-electron chi connectivity index (χ3n) is 8.63. The van der Waals surface area contributed by atoms with Gasteiger partial charge in [-0.3, -0.25) is 9.59 Å². The van der Waals surface area contributed by atoms with Gasteiger partial charge in [0.1, 0.15) is 11.5 Å². The van der Waals surface area contributed by atoms with Crippen LogP contribution in [0.2, 0.25) is 0 Å². The van der Waals surface area contributed by atoms with Crippen molar-refractivity contribution in [3.8, 4) is 11.5 Å². The molecule has 2 unspecified atom stereocenters. The summed E-state index contributed by atoms with van der Waals surface area (Å²) >= 11 is 1.35. The number of hydrogen-bond acceptors (Lipinski definition) is 5. The van der Waals surface area contributed by atoms with Gasteiger partial charge in [-0.1, -0.05) is 107 Å². The predicted molar refractivity (Wildman–Crippen MR) is 187 cm³/mol. The van der Waals surface area contributed by atoms with Gasteiger partial charge in [-0.2, -0.15) is 11.8 Å². The lowest BCUT2D eigenvalue weighted by molar-refractivity contribution is -0.147. The molecule has 4 N–H and O–H groups in total. The van der Waals surface area contributed by atoms with E-state index in [1.807, 2.05) is 107 Å². The fourth-order valence-electron chi connectivity index (χ4n) is 5.66. The lowest BCUT2D eigenvalue weighted by atomic mass is 9.76. The number of phenols is 2. The number of carboxylic acid groups (broad SMARTS) is 2. The molecule has 0 aromatic heterocycles. The molecular formula is C38H58O6S. The molecule has 7 heteroatoms. The van der Waals surface area contributed by atoms with Crippen molar-refractivity contribution < 1.29 is 30.0 Å². The second-order valence-corrected chi connectivity index (χ2v) is 18.6. The van der Waals surface area contributed by atoms with Crippen molar-refractivity contribution in [1.82, 2.24) is 0 Å². The molecular weight excluding hydrogens is 584 g/mol. The van der Waals surface area contributed by atoms with E-state index in [1.165, 1.54) is 11.8 Å². The van der Waals surface area contributed by atoms with Crippen molar-refractivity contribution in [2.45, 2.75) is 131 Å². The molecule has 0 saturated carbocycles. The molecule has 2 aromatic rings. The van der Waals surface area contributed by atoms with Crippen LogP contribution in [-0.4, -0.2) is 43.9 Å². The number of phenolic OH excluding ortho intramolecular Hbond substituents is 2. The van der Waals surface area contributed by atoms with Gasteiger partial charge in [0, 0.05) is 11.5 Å². The van der Waals surface area contributed by atoms with Crippen molar-refractivity contribution in [3.05, 3.63) is 57.6 Å². The van der Waals surface area contributed by atoms with Gasteiger partial charge in [0.25, 0.3) is 0 Å². The molecule has 2 atom stereocenters. The minimum absolute atomic E-state index is 0.220. The number of benzene rings is 2. The predicted octanol–water partition coefficient (Wildman–Crippen LogP) is 8.99. The van der Waals surface area contributed by atoms with Gasteiger partial charge >= 0.3 is 11.9 Å². The molecule has 0 saturated heterocycles. The summed E-state index contributed by atoms with van der Waals surface area (Å²) in [6.07, 6.45) is 0.487. The fourth-order valence-corrected chi connectivity index (χ4v) is 7.11. The molecule has 0 spiro atoms. The Labute approximate surface area is 276 Å². The molecule has 0 aliphatic carbocycles. The molecule has 0 aliphatic rings. The first-order chi connectivity index (χ1) is 20.0. The number of aliphatic carboxylic acids is 2. The van der Waals surface area contributed by atoms with Crippen LogP contribution in [-0.2, 0) is 44.1 Å². The van der Waals surface area contributed by atoms with Crippen molar-refractivity contribution in [1.29, 1.82) is 0 Å². The maximum atomic E-state index is 12.7. The van der Waals surface area contributed by atoms with Gasteiger partial charge in [-0.15, -0.1) is 0 Å². The van der Waals surface area contributed by atoms with Crippen molar-refractivity contribution in [2.75, 3.05) is 11.5 Å². The van der Waals surface area contributed by atoms with E-state index in [0.717, 1.165) is 33.4 Å². The Balaban J connectivity index is 2.45. The lowest BCUT2D eigenvalue weighted by Crippen LogP contribution is -2.36. The zero-order chi connectivity index (χ0) is 35.1. The normalized spacial score (nSPS) is 15.8. The molecule has 0 bridgehead atoms. The third-order valence-corrected chi connectivity index (χ3v) is 10.3. The van der Waals surface area contributed by atoms with Crippen LogP contribution in [0, 0.1) is 10.8 Å². The largest absolute Gasteiger partial charge is 0.507 e. The summed E-state index contributed by atoms with van der Waals surface area (Å²) in [4.78, 5) is 25.5. The monoisotopic (exact) mass is 642 g/mol. The summed E-state index contributed by atoms with van der Waals surface area (Å²) in [5.74, 6) is -0.951. The molecule has 45 heavy (non-hydrogen) atoms. The standard InChI is InChI=1S/C38H58O6S/c1-33(2,3)25-15-23(16-26(29(25)39)34(4,5)6)19-37(13,31(41)42)21-45-22-38(14,32(43)44)20-24-17-27(35(7,8)9)30(40)28(18-24)36(10,11)12/h15-18,39-40H,19-22H2,1-14H3,(H,41,42)(H,43,44). The first-order valence-corrected chi connectivity index (χ1v) is 17.0. The van der Waals surface area contributed by atoms with Crippen LogP contribution < -0.4 is 0 Å². The van der Waals surface area contributed by atoms with E-state index in [2.05, 4.69) is 0 Å². The Bertz CT molecular complexity index is 1240. The van der Waals surface area contributed by atoms with Crippen molar-refractivity contribution in [3.63, 3.8) is 0 Å². The summed E-state index contributed by atoms with van der Waals surface area (Å²) in [7, 11) is 0. The second-order valence-electron chi connectivity index (χ2n) is 17.7. The average Bonchev–Trinajstić information content (AvgIpc) is 2.83. The van der Waals surface area contributed by atoms with E-state index in [0.29, 0.717) is 0 Å². The van der Waals surface area contributed by atoms with Gasteiger partial charge in [0.15, 0.2) is 0 Å². The van der Waals surface area contributed by atoms with Crippen molar-refractivity contribution in [2.24, 2.45) is 10.8 Å². The van der Waals surface area contributed by atoms with E-state index in [4.69, 9.17) is 0 Å². The Kier molecular flexibility index (Phi) is 11.0. The van der Waals surface area contributed by atoms with Gasteiger partial charge in [0.05, 0.1) is 10.8 Å². The van der Waals surface area contributed by atoms with Crippen LogP contribution in [0.25, 0.3) is 0 Å². The van der Waals surface area contributed by atoms with Crippen LogP contribution in [0.15, 0.2) is 24.3 Å². The second kappa shape index (κ2) is 12.8. The van der Waals surface area contributed by atoms with Crippen molar-refractivity contribution >= 4 is 23.7 Å². The Morgan fingerprint density at radius 3 is 0.911 bits per heavy atom. The van der Waals surface area contributed by atoms with Gasteiger partial charge < -0.3 is 20.4 Å². The third kappa shape index (κ3) is 9.21. The smallest absolute Gasteiger partial charge is 0.310 e. The van der Waals surface area contributed by atoms with Gasteiger partial charge in [-0.25, -0.2) is 0 Å². The SMILES string of the molecule is CC(CSCC(C)(Cc1cc(C(C)(C)C)c(O)c(C(C)(C)C)c1)C(=O)O)(Cc1cc(C(C)(C)C)c(O)c(C(C)(C)C)c1)C(=O)O. The highest BCUT2D eigenvalue weighted by atomic mass is 32.2. The number of carboxylic acids is 2. The number of hydrogen-bond donors (Lipinski definition) is 4. The van der Waals surface area contributed by atoms with Gasteiger partial charge in [-0.05, 0) is 81.7 Å². The zero-order valence-corrected chi connectivity index (χ0v) is 31.0. The van der Waals surface area contributed by atoms with E-state index >= 15 is 0 Å². The van der Waals surface area contributed by atoms with E-state index in [1.54, 1.807) is 13.8 Å². The first kappa shape index (κ1) is 38.5. The first-order valence-electron chi connectivity index (χ1n) is 15.8. The minimum atomic E-state index is -1.16. The lowest BCUT2D eigenvalue weighted by Gasteiger charge is -2.32. The minimum Gasteiger partial charge on any atom is -0.507 e. The molecule has 2 rings (SSSR count). The summed E-state index contributed by atoms with van der Waals surface area (Å²) in [5.41, 5.74) is 1.10. The summed E-state index contributed by atoms with van der Waals surface area (Å²) in [5, 5.41) is 43.1. The summed E-state index contributed by atoms with van der Waals surface area (Å²) in [6, 6.07) is 7.68. The summed E-state index contributed by atoms with van der Waals surface area (Å²) < 4.78 is 0. The number of aromatic hydroxyl groups is 2.